The molecule has 2 aromatic heterocycles. The Bertz CT molecular complexity index is 1220. The first-order valence-electron chi connectivity index (χ1n) is 10.8. The average Bonchev–Trinajstić information content (AvgIpc) is 3.36. The first kappa shape index (κ1) is 23.5. The molecule has 1 aromatic carbocycles. The van der Waals surface area contributed by atoms with Crippen LogP contribution in [0.15, 0.2) is 34.3 Å². The molecule has 0 aliphatic carbocycles. The third-order valence-electron chi connectivity index (χ3n) is 5.37. The summed E-state index contributed by atoms with van der Waals surface area (Å²) in [6, 6.07) is 4.84. The molecule has 1 fully saturated rings. The van der Waals surface area contributed by atoms with E-state index < -0.39 is 11.8 Å². The van der Waals surface area contributed by atoms with Crippen LogP contribution in [0.2, 0.25) is 5.02 Å². The van der Waals surface area contributed by atoms with Gasteiger partial charge in [0.05, 0.1) is 17.0 Å². The molecule has 174 valence electrons. The molecule has 1 atom stereocenters. The van der Waals surface area contributed by atoms with Gasteiger partial charge in [0, 0.05) is 41.4 Å². The number of halogens is 2. The van der Waals surface area contributed by atoms with Gasteiger partial charge in [-0.15, -0.1) is 0 Å². The molecule has 0 radical (unpaired) electrons. The fraction of sp³-hybridized carbons (Fsp3) is 0.348. The Labute approximate surface area is 200 Å². The molecule has 7 nitrogen and oxygen atoms in total. The number of carbonyl (C=O) groups excluding carboxylic acids is 1. The van der Waals surface area contributed by atoms with E-state index in [4.69, 9.17) is 27.1 Å². The number of hydrogen-bond donors (Lipinski definition) is 2. The van der Waals surface area contributed by atoms with Crippen LogP contribution in [0.25, 0.3) is 17.1 Å². The van der Waals surface area contributed by atoms with Gasteiger partial charge in [-0.05, 0) is 49.7 Å². The van der Waals surface area contributed by atoms with E-state index in [1.165, 1.54) is 30.0 Å². The number of nitrogens with one attached hydrogen (secondary N) is 1. The highest BCUT2D eigenvalue weighted by Crippen LogP contribution is 2.37. The Balaban J connectivity index is 1.65. The van der Waals surface area contributed by atoms with Gasteiger partial charge < -0.3 is 20.4 Å². The first-order valence-corrected chi connectivity index (χ1v) is 12.0. The molecule has 1 unspecified atom stereocenters. The van der Waals surface area contributed by atoms with Crippen molar-refractivity contribution < 1.29 is 13.9 Å². The monoisotopic (exact) mass is 489 g/mol. The Kier molecular flexibility index (Phi) is 7.21. The zero-order chi connectivity index (χ0) is 23.5. The van der Waals surface area contributed by atoms with Crippen LogP contribution in [-0.4, -0.2) is 46.7 Å². The van der Waals surface area contributed by atoms with Crippen LogP contribution in [0.3, 0.4) is 0 Å². The summed E-state index contributed by atoms with van der Waals surface area (Å²) in [4.78, 5) is 26.9. The summed E-state index contributed by atoms with van der Waals surface area (Å²) in [5.74, 6) is -0.225. The van der Waals surface area contributed by atoms with Crippen molar-refractivity contribution in [2.45, 2.75) is 42.8 Å². The van der Waals surface area contributed by atoms with E-state index in [0.29, 0.717) is 32.8 Å². The lowest BCUT2D eigenvalue weighted by molar-refractivity contribution is -0.137. The van der Waals surface area contributed by atoms with Crippen LogP contribution in [0.1, 0.15) is 31.5 Å². The molecule has 10 heteroatoms. The van der Waals surface area contributed by atoms with Gasteiger partial charge in [0.1, 0.15) is 17.3 Å². The van der Waals surface area contributed by atoms with Crippen molar-refractivity contribution in [3.63, 3.8) is 0 Å². The van der Waals surface area contributed by atoms with Gasteiger partial charge >= 0.3 is 5.97 Å². The number of nitrogens with zero attached hydrogens (tertiary/aromatic N) is 3. The van der Waals surface area contributed by atoms with Crippen molar-refractivity contribution in [1.82, 2.24) is 15.0 Å². The van der Waals surface area contributed by atoms with Gasteiger partial charge in [0.25, 0.3) is 0 Å². The van der Waals surface area contributed by atoms with Crippen LogP contribution in [0.4, 0.5) is 10.2 Å². The summed E-state index contributed by atoms with van der Waals surface area (Å²) in [6.45, 7) is 5.48. The third-order valence-corrected chi connectivity index (χ3v) is 6.64. The molecule has 0 spiro atoms. The number of fused-ring (bicyclic) bond motifs is 1. The zero-order valence-electron chi connectivity index (χ0n) is 18.4. The molecule has 0 amide bonds. The molecular weight excluding hydrogens is 465 g/mol. The smallest absolute Gasteiger partial charge is 0.330 e. The molecule has 3 N–H and O–H groups in total. The van der Waals surface area contributed by atoms with Crippen LogP contribution in [-0.2, 0) is 16.0 Å². The summed E-state index contributed by atoms with van der Waals surface area (Å²) in [5, 5.41) is 1.90. The maximum absolute atomic E-state index is 14.6. The van der Waals surface area contributed by atoms with Crippen LogP contribution < -0.4 is 10.6 Å². The van der Waals surface area contributed by atoms with Crippen LogP contribution >= 0.6 is 23.4 Å². The molecule has 1 aliphatic heterocycles. The normalized spacial score (nSPS) is 16.3. The molecule has 1 saturated heterocycles. The van der Waals surface area contributed by atoms with Crippen molar-refractivity contribution in [3.8, 4) is 0 Å². The number of aromatic nitrogens is 3. The number of ether oxygens (including phenoxy) is 1. The largest absolute Gasteiger partial charge is 0.463 e. The van der Waals surface area contributed by atoms with Gasteiger partial charge in [-0.3, -0.25) is 0 Å². The minimum Gasteiger partial charge on any atom is -0.463 e. The maximum Gasteiger partial charge on any atom is 0.330 e. The number of nitrogens with two attached hydrogens (primary N) is 1. The second-order valence-electron chi connectivity index (χ2n) is 7.69. The Hall–Kier alpha value is -2.62. The number of aryl methyl sites for hydroxylation is 1. The number of rotatable bonds is 7. The summed E-state index contributed by atoms with van der Waals surface area (Å²) >= 11 is 7.89. The fourth-order valence-corrected chi connectivity index (χ4v) is 4.86. The lowest BCUT2D eigenvalue weighted by Gasteiger charge is -2.18. The topological polar surface area (TPSA) is 97.1 Å². The predicted octanol–water partition coefficient (Wildman–Crippen LogP) is 4.58. The summed E-state index contributed by atoms with van der Waals surface area (Å²) in [6.07, 6.45) is 4.22. The van der Waals surface area contributed by atoms with E-state index >= 15 is 0 Å². The SMILES string of the molecule is CCOC(=O)/C=C/c1ccc(Sc2nc(N3CCC(N)C3)c3c(Cl)c(CC)[nH]c3n2)cc1F. The second kappa shape index (κ2) is 10.1. The van der Waals surface area contributed by atoms with Gasteiger partial charge in [-0.2, -0.15) is 0 Å². The van der Waals surface area contributed by atoms with E-state index in [0.717, 1.165) is 36.3 Å². The van der Waals surface area contributed by atoms with Gasteiger partial charge in [-0.1, -0.05) is 24.6 Å². The first-order chi connectivity index (χ1) is 15.9. The molecule has 4 rings (SSSR count). The Morgan fingerprint density at radius 1 is 1.42 bits per heavy atom. The second-order valence-corrected chi connectivity index (χ2v) is 9.11. The molecule has 1 aliphatic rings. The number of aromatic amines is 1. The maximum atomic E-state index is 14.6. The van der Waals surface area contributed by atoms with Crippen molar-refractivity contribution in [1.29, 1.82) is 0 Å². The summed E-state index contributed by atoms with van der Waals surface area (Å²) in [5.41, 5.74) is 7.96. The summed E-state index contributed by atoms with van der Waals surface area (Å²) < 4.78 is 19.4. The Morgan fingerprint density at radius 2 is 2.24 bits per heavy atom. The van der Waals surface area contributed by atoms with Crippen LogP contribution in [0.5, 0.6) is 0 Å². The van der Waals surface area contributed by atoms with Gasteiger partial charge in [0.2, 0.25) is 0 Å². The van der Waals surface area contributed by atoms with E-state index in [1.807, 2.05) is 6.92 Å². The molecule has 3 heterocycles. The fourth-order valence-electron chi connectivity index (χ4n) is 3.73. The average molecular weight is 490 g/mol. The number of H-pyrrole nitrogens is 1. The lowest BCUT2D eigenvalue weighted by Crippen LogP contribution is -2.27. The van der Waals surface area contributed by atoms with Gasteiger partial charge in [-0.25, -0.2) is 19.2 Å². The lowest BCUT2D eigenvalue weighted by atomic mass is 10.2. The highest BCUT2D eigenvalue weighted by molar-refractivity contribution is 7.99. The van der Waals surface area contributed by atoms with E-state index in [2.05, 4.69) is 14.9 Å². The third kappa shape index (κ3) is 5.15. The molecular formula is C23H25ClFN5O2S. The van der Waals surface area contributed by atoms with Crippen LogP contribution in [0, 0.1) is 5.82 Å². The molecule has 33 heavy (non-hydrogen) atoms. The highest BCUT2D eigenvalue weighted by atomic mass is 35.5. The number of anilines is 1. The number of esters is 1. The molecule has 0 saturated carbocycles. The zero-order valence-corrected chi connectivity index (χ0v) is 20.0. The highest BCUT2D eigenvalue weighted by Gasteiger charge is 2.26. The summed E-state index contributed by atoms with van der Waals surface area (Å²) in [7, 11) is 0. The molecule has 0 bridgehead atoms. The van der Waals surface area contributed by atoms with Gasteiger partial charge in [0.15, 0.2) is 5.16 Å². The van der Waals surface area contributed by atoms with E-state index in [9.17, 15) is 9.18 Å². The minimum absolute atomic E-state index is 0.0822. The van der Waals surface area contributed by atoms with Crippen molar-refractivity contribution in [3.05, 3.63) is 46.4 Å². The van der Waals surface area contributed by atoms with Crippen molar-refractivity contribution in [2.75, 3.05) is 24.6 Å². The standard InChI is InChI=1S/C23H25ClFN5O2S/c1-3-17-20(24)19-21(27-17)28-23(29-22(19)30-10-9-14(26)12-30)33-15-7-5-13(16(25)11-15)6-8-18(31)32-4-2/h5-8,11,14H,3-4,9-10,12,26H2,1-2H3,(H,27,28,29)/b8-6+. The minimum atomic E-state index is -0.512. The van der Waals surface area contributed by atoms with Crippen molar-refractivity contribution >= 4 is 52.3 Å². The predicted molar refractivity (Wildman–Crippen MR) is 129 cm³/mol. The quantitative estimate of drug-likeness (QED) is 0.285. The van der Waals surface area contributed by atoms with Crippen molar-refractivity contribution in [2.24, 2.45) is 5.73 Å². The Morgan fingerprint density at radius 3 is 2.91 bits per heavy atom. The van der Waals surface area contributed by atoms with E-state index in [-0.39, 0.29) is 12.6 Å². The number of hydrogen-bond acceptors (Lipinski definition) is 7. The number of carbonyl (C=O) groups is 1. The number of benzene rings is 1. The van der Waals surface area contributed by atoms with E-state index in [1.54, 1.807) is 19.1 Å². The molecule has 3 aromatic rings.